The fourth-order valence-electron chi connectivity index (χ4n) is 3.04. The number of hydrogen-bond donors (Lipinski definition) is 0. The predicted octanol–water partition coefficient (Wildman–Crippen LogP) is 5.32. The zero-order valence-corrected chi connectivity index (χ0v) is 17.2. The molecule has 0 aromatic rings. The molecule has 4 nitrogen and oxygen atoms in total. The molecule has 1 aliphatic heterocycles. The summed E-state index contributed by atoms with van der Waals surface area (Å²) < 4.78 is 15.7. The molecule has 1 aliphatic rings. The molecule has 0 aliphatic carbocycles. The molecule has 0 unspecified atom stereocenters. The van der Waals surface area contributed by atoms with Gasteiger partial charge in [0.05, 0.1) is 6.61 Å². The molecule has 0 amide bonds. The fourth-order valence-corrected chi connectivity index (χ4v) is 3.26. The maximum atomic E-state index is 11.8. The SMILES string of the molecule is CCC#CCCCCCCCCCCC[C@H]1OC(=S)O[C@@H]1C(=O)OCC. The molecule has 0 spiro atoms. The van der Waals surface area contributed by atoms with Crippen LogP contribution < -0.4 is 0 Å². The summed E-state index contributed by atoms with van der Waals surface area (Å²) in [6.07, 6.45) is 13.0. The lowest BCUT2D eigenvalue weighted by atomic mass is 10.0. The van der Waals surface area contributed by atoms with Crippen molar-refractivity contribution in [2.45, 2.75) is 103 Å². The highest BCUT2D eigenvalue weighted by molar-refractivity contribution is 7.79. The van der Waals surface area contributed by atoms with Gasteiger partial charge in [0.1, 0.15) is 0 Å². The zero-order valence-electron chi connectivity index (χ0n) is 16.4. The number of thiocarbonyl (C=S) groups is 1. The molecule has 1 saturated heterocycles. The highest BCUT2D eigenvalue weighted by atomic mass is 32.1. The minimum absolute atomic E-state index is 0.0636. The first kappa shape index (κ1) is 22.8. The molecule has 0 radical (unpaired) electrons. The summed E-state index contributed by atoms with van der Waals surface area (Å²) in [4.78, 5) is 11.8. The summed E-state index contributed by atoms with van der Waals surface area (Å²) in [5.41, 5.74) is 0. The van der Waals surface area contributed by atoms with Gasteiger partial charge in [-0.15, -0.1) is 11.8 Å². The van der Waals surface area contributed by atoms with E-state index in [4.69, 9.17) is 26.4 Å². The smallest absolute Gasteiger partial charge is 0.353 e. The van der Waals surface area contributed by atoms with E-state index in [1.54, 1.807) is 6.92 Å². The van der Waals surface area contributed by atoms with Crippen molar-refractivity contribution in [3.05, 3.63) is 0 Å². The van der Waals surface area contributed by atoms with Crippen molar-refractivity contribution < 1.29 is 19.0 Å². The van der Waals surface area contributed by atoms with Crippen LogP contribution in [0.4, 0.5) is 0 Å². The van der Waals surface area contributed by atoms with Crippen molar-refractivity contribution >= 4 is 23.4 Å². The second kappa shape index (κ2) is 14.8. The Morgan fingerprint density at radius 1 is 0.962 bits per heavy atom. The summed E-state index contributed by atoms with van der Waals surface area (Å²) in [5, 5.41) is 0.0636. The van der Waals surface area contributed by atoms with Gasteiger partial charge in [-0.05, 0) is 26.2 Å². The van der Waals surface area contributed by atoms with E-state index in [0.29, 0.717) is 6.61 Å². The quantitative estimate of drug-likeness (QED) is 0.187. The normalized spacial score (nSPS) is 18.6. The van der Waals surface area contributed by atoms with Crippen LogP contribution in [-0.4, -0.2) is 30.0 Å². The van der Waals surface area contributed by atoms with Crippen molar-refractivity contribution in [1.82, 2.24) is 0 Å². The van der Waals surface area contributed by atoms with Gasteiger partial charge in [-0.2, -0.15) is 0 Å². The maximum Gasteiger partial charge on any atom is 0.353 e. The number of esters is 1. The van der Waals surface area contributed by atoms with Gasteiger partial charge >= 0.3 is 11.2 Å². The summed E-state index contributed by atoms with van der Waals surface area (Å²) in [5.74, 6) is 5.94. The summed E-state index contributed by atoms with van der Waals surface area (Å²) in [6.45, 7) is 4.21. The molecule has 26 heavy (non-hydrogen) atoms. The Hall–Kier alpha value is -1.28. The Kier molecular flexibility index (Phi) is 13.0. The van der Waals surface area contributed by atoms with Gasteiger partial charge in [0.25, 0.3) is 0 Å². The fraction of sp³-hybridized carbons (Fsp3) is 0.810. The van der Waals surface area contributed by atoms with Crippen LogP contribution in [0, 0.1) is 11.8 Å². The van der Waals surface area contributed by atoms with Gasteiger partial charge < -0.3 is 14.2 Å². The van der Waals surface area contributed by atoms with Crippen molar-refractivity contribution in [2.75, 3.05) is 6.61 Å². The van der Waals surface area contributed by atoms with Gasteiger partial charge in [-0.1, -0.05) is 51.9 Å². The molecule has 0 saturated carbocycles. The van der Waals surface area contributed by atoms with Crippen LogP contribution in [0.25, 0.3) is 0 Å². The predicted molar refractivity (Wildman–Crippen MR) is 108 cm³/mol. The lowest BCUT2D eigenvalue weighted by Gasteiger charge is -2.14. The number of hydrogen-bond acceptors (Lipinski definition) is 5. The average molecular weight is 383 g/mol. The molecule has 1 rings (SSSR count). The topological polar surface area (TPSA) is 44.8 Å². The molecular weight excluding hydrogens is 348 g/mol. The number of unbranched alkanes of at least 4 members (excludes halogenated alkanes) is 9. The van der Waals surface area contributed by atoms with E-state index in [1.807, 2.05) is 0 Å². The van der Waals surface area contributed by atoms with Crippen LogP contribution in [0.2, 0.25) is 0 Å². The van der Waals surface area contributed by atoms with Crippen molar-refractivity contribution in [3.63, 3.8) is 0 Å². The van der Waals surface area contributed by atoms with Crippen LogP contribution in [-0.2, 0) is 19.0 Å². The molecule has 0 aromatic carbocycles. The third kappa shape index (κ3) is 10.0. The Morgan fingerprint density at radius 2 is 1.58 bits per heavy atom. The molecule has 1 heterocycles. The van der Waals surface area contributed by atoms with Gasteiger partial charge in [0, 0.05) is 25.1 Å². The Bertz CT molecular complexity index is 466. The number of carbonyl (C=O) groups excluding carboxylic acids is 1. The highest BCUT2D eigenvalue weighted by Gasteiger charge is 2.40. The van der Waals surface area contributed by atoms with E-state index in [-0.39, 0.29) is 17.3 Å². The Balaban J connectivity index is 1.98. The molecule has 0 N–H and O–H groups in total. The standard InChI is InChI=1S/C21H34O4S/c1-3-5-6-7-8-9-10-11-12-13-14-15-16-17-18-19(20(22)23-4-2)25-21(26)24-18/h18-19H,3-4,7-17H2,1-2H3/t18-,19+/m1/s1. The molecule has 5 heteroatoms. The lowest BCUT2D eigenvalue weighted by Crippen LogP contribution is -2.33. The van der Waals surface area contributed by atoms with E-state index >= 15 is 0 Å². The monoisotopic (exact) mass is 382 g/mol. The largest absolute Gasteiger partial charge is 0.463 e. The first-order chi connectivity index (χ1) is 12.7. The van der Waals surface area contributed by atoms with Gasteiger partial charge in [-0.3, -0.25) is 0 Å². The van der Waals surface area contributed by atoms with Crippen molar-refractivity contribution in [1.29, 1.82) is 0 Å². The molecule has 148 valence electrons. The number of rotatable bonds is 13. The van der Waals surface area contributed by atoms with Gasteiger partial charge in [-0.25, -0.2) is 4.79 Å². The van der Waals surface area contributed by atoms with E-state index in [1.165, 1.54) is 44.9 Å². The third-order valence-electron chi connectivity index (χ3n) is 4.42. The van der Waals surface area contributed by atoms with E-state index in [9.17, 15) is 4.79 Å². The first-order valence-electron chi connectivity index (χ1n) is 10.2. The molecule has 0 bridgehead atoms. The Morgan fingerprint density at radius 3 is 2.19 bits per heavy atom. The van der Waals surface area contributed by atoms with E-state index in [2.05, 4.69) is 18.8 Å². The number of ether oxygens (including phenoxy) is 3. The van der Waals surface area contributed by atoms with E-state index in [0.717, 1.165) is 32.1 Å². The molecule has 0 aromatic heterocycles. The van der Waals surface area contributed by atoms with Crippen molar-refractivity contribution in [2.24, 2.45) is 0 Å². The molecule has 2 atom stereocenters. The van der Waals surface area contributed by atoms with Crippen LogP contribution in [0.3, 0.4) is 0 Å². The van der Waals surface area contributed by atoms with Gasteiger partial charge in [0.15, 0.2) is 6.10 Å². The minimum atomic E-state index is -0.690. The van der Waals surface area contributed by atoms with E-state index < -0.39 is 6.10 Å². The van der Waals surface area contributed by atoms with Gasteiger partial charge in [0.2, 0.25) is 6.10 Å². The maximum absolute atomic E-state index is 11.8. The third-order valence-corrected chi connectivity index (χ3v) is 4.61. The Labute approximate surface area is 164 Å². The second-order valence-electron chi connectivity index (χ2n) is 6.62. The van der Waals surface area contributed by atoms with Crippen LogP contribution in [0.5, 0.6) is 0 Å². The second-order valence-corrected chi connectivity index (χ2v) is 6.96. The minimum Gasteiger partial charge on any atom is -0.463 e. The average Bonchev–Trinajstić information content (AvgIpc) is 3.00. The zero-order chi connectivity index (χ0) is 19.0. The summed E-state index contributed by atoms with van der Waals surface area (Å²) in [7, 11) is 0. The summed E-state index contributed by atoms with van der Waals surface area (Å²) >= 11 is 4.92. The van der Waals surface area contributed by atoms with Crippen molar-refractivity contribution in [3.8, 4) is 11.8 Å². The molecular formula is C21H34O4S. The van der Waals surface area contributed by atoms with Crippen LogP contribution in [0.15, 0.2) is 0 Å². The first-order valence-corrected chi connectivity index (χ1v) is 10.6. The number of carbonyl (C=O) groups is 1. The highest BCUT2D eigenvalue weighted by Crippen LogP contribution is 2.22. The van der Waals surface area contributed by atoms with Crippen LogP contribution >= 0.6 is 12.2 Å². The molecule has 1 fully saturated rings. The lowest BCUT2D eigenvalue weighted by molar-refractivity contribution is -0.152. The summed E-state index contributed by atoms with van der Waals surface area (Å²) in [6, 6.07) is 0. The van der Waals surface area contributed by atoms with Crippen LogP contribution in [0.1, 0.15) is 90.9 Å².